The van der Waals surface area contributed by atoms with Crippen LogP contribution in [-0.4, -0.2) is 32.4 Å². The summed E-state index contributed by atoms with van der Waals surface area (Å²) in [5.41, 5.74) is 1.73. The third kappa shape index (κ3) is 3.74. The molecule has 0 amide bonds. The normalized spacial score (nSPS) is 10.3. The molecule has 1 N–H and O–H groups in total. The van der Waals surface area contributed by atoms with E-state index in [4.69, 9.17) is 25.8 Å². The maximum Gasteiger partial charge on any atom is 0.336 e. The van der Waals surface area contributed by atoms with Crippen molar-refractivity contribution >= 4 is 17.6 Å². The fourth-order valence-electron chi connectivity index (χ4n) is 2.55. The molecule has 128 valence electrons. The molecule has 0 saturated heterocycles. The summed E-state index contributed by atoms with van der Waals surface area (Å²) in [4.78, 5) is 11.6. The van der Waals surface area contributed by atoms with Crippen molar-refractivity contribution in [1.29, 1.82) is 0 Å². The summed E-state index contributed by atoms with van der Waals surface area (Å²) in [7, 11) is 4.55. The van der Waals surface area contributed by atoms with Gasteiger partial charge in [0.1, 0.15) is 5.75 Å². The van der Waals surface area contributed by atoms with Crippen LogP contribution < -0.4 is 14.2 Å². The first-order chi connectivity index (χ1) is 11.5. The van der Waals surface area contributed by atoms with E-state index < -0.39 is 5.97 Å². The number of aromatic carboxylic acids is 1. The molecule has 0 bridgehead atoms. The standard InChI is InChI=1S/C18H19ClO5/c1-22-12-7-4-11(5-8-12)6-9-13-14(18(20)21)10-15(19)17(24-3)16(13)23-2/h4-5,7-8,10H,6,9H2,1-3H3,(H,20,21). The topological polar surface area (TPSA) is 65.0 Å². The van der Waals surface area contributed by atoms with E-state index in [1.807, 2.05) is 24.3 Å². The van der Waals surface area contributed by atoms with Crippen LogP contribution in [0.4, 0.5) is 0 Å². The van der Waals surface area contributed by atoms with E-state index >= 15 is 0 Å². The number of carboxylic acids is 1. The number of ether oxygens (including phenoxy) is 3. The molecular weight excluding hydrogens is 332 g/mol. The highest BCUT2D eigenvalue weighted by atomic mass is 35.5. The zero-order valence-corrected chi connectivity index (χ0v) is 14.5. The van der Waals surface area contributed by atoms with Gasteiger partial charge in [-0.3, -0.25) is 0 Å². The number of methoxy groups -OCH3 is 3. The molecule has 5 nitrogen and oxygen atoms in total. The average molecular weight is 351 g/mol. The van der Waals surface area contributed by atoms with Crippen LogP contribution in [0.3, 0.4) is 0 Å². The first-order valence-electron chi connectivity index (χ1n) is 7.31. The number of halogens is 1. The van der Waals surface area contributed by atoms with Gasteiger partial charge >= 0.3 is 5.97 Å². The van der Waals surface area contributed by atoms with Gasteiger partial charge in [-0.25, -0.2) is 4.79 Å². The molecule has 0 aliphatic heterocycles. The predicted molar refractivity (Wildman–Crippen MR) is 91.9 cm³/mol. The zero-order chi connectivity index (χ0) is 17.7. The minimum absolute atomic E-state index is 0.117. The van der Waals surface area contributed by atoms with Crippen molar-refractivity contribution in [2.75, 3.05) is 21.3 Å². The SMILES string of the molecule is COc1ccc(CCc2c(C(=O)O)cc(Cl)c(OC)c2OC)cc1. The highest BCUT2D eigenvalue weighted by Gasteiger charge is 2.22. The number of carbonyl (C=O) groups is 1. The minimum atomic E-state index is -1.05. The van der Waals surface area contributed by atoms with E-state index in [2.05, 4.69) is 0 Å². The van der Waals surface area contributed by atoms with Gasteiger partial charge in [-0.05, 0) is 36.6 Å². The molecule has 2 aromatic rings. The van der Waals surface area contributed by atoms with E-state index in [9.17, 15) is 9.90 Å². The molecule has 0 fully saturated rings. The Kier molecular flexibility index (Phi) is 5.93. The smallest absolute Gasteiger partial charge is 0.336 e. The minimum Gasteiger partial charge on any atom is -0.497 e. The van der Waals surface area contributed by atoms with Crippen molar-refractivity contribution < 1.29 is 24.1 Å². The van der Waals surface area contributed by atoms with Crippen molar-refractivity contribution in [1.82, 2.24) is 0 Å². The summed E-state index contributed by atoms with van der Waals surface area (Å²) in [5.74, 6) is 0.420. The maximum atomic E-state index is 11.6. The van der Waals surface area contributed by atoms with Crippen LogP contribution in [0.25, 0.3) is 0 Å². The van der Waals surface area contributed by atoms with E-state index in [0.717, 1.165) is 11.3 Å². The van der Waals surface area contributed by atoms with Crippen molar-refractivity contribution in [2.24, 2.45) is 0 Å². The Balaban J connectivity index is 2.37. The molecule has 6 heteroatoms. The Labute approximate surface area is 145 Å². The summed E-state index contributed by atoms with van der Waals surface area (Å²) in [6.07, 6.45) is 1.12. The predicted octanol–water partition coefficient (Wildman–Crippen LogP) is 3.85. The molecule has 0 unspecified atom stereocenters. The summed E-state index contributed by atoms with van der Waals surface area (Å²) >= 11 is 6.10. The van der Waals surface area contributed by atoms with Crippen LogP contribution in [0, 0.1) is 0 Å². The molecule has 0 aliphatic carbocycles. The summed E-state index contributed by atoms with van der Waals surface area (Å²) < 4.78 is 15.8. The summed E-state index contributed by atoms with van der Waals surface area (Å²) in [5, 5.41) is 9.68. The molecule has 24 heavy (non-hydrogen) atoms. The van der Waals surface area contributed by atoms with Crippen LogP contribution in [0.5, 0.6) is 17.2 Å². The van der Waals surface area contributed by atoms with Gasteiger partial charge in [0.05, 0.1) is 31.9 Å². The number of carboxylic acid groups (broad SMARTS) is 1. The first-order valence-corrected chi connectivity index (χ1v) is 7.69. The average Bonchev–Trinajstić information content (AvgIpc) is 2.59. The molecule has 0 saturated carbocycles. The Morgan fingerprint density at radius 1 is 1.00 bits per heavy atom. The van der Waals surface area contributed by atoms with Gasteiger partial charge in [-0.1, -0.05) is 23.7 Å². The third-order valence-corrected chi connectivity index (χ3v) is 4.04. The fraction of sp³-hybridized carbons (Fsp3) is 0.278. The van der Waals surface area contributed by atoms with Crippen LogP contribution in [0.15, 0.2) is 30.3 Å². The fourth-order valence-corrected chi connectivity index (χ4v) is 2.83. The van der Waals surface area contributed by atoms with Crippen molar-refractivity contribution in [3.63, 3.8) is 0 Å². The van der Waals surface area contributed by atoms with E-state index in [-0.39, 0.29) is 10.6 Å². The zero-order valence-electron chi connectivity index (χ0n) is 13.8. The third-order valence-electron chi connectivity index (χ3n) is 3.75. The lowest BCUT2D eigenvalue weighted by atomic mass is 9.98. The highest BCUT2D eigenvalue weighted by Crippen LogP contribution is 2.40. The van der Waals surface area contributed by atoms with Gasteiger partial charge in [0.15, 0.2) is 11.5 Å². The maximum absolute atomic E-state index is 11.6. The molecule has 0 radical (unpaired) electrons. The lowest BCUT2D eigenvalue weighted by Gasteiger charge is -2.17. The Bertz CT molecular complexity index is 725. The Morgan fingerprint density at radius 2 is 1.62 bits per heavy atom. The van der Waals surface area contributed by atoms with Crippen LogP contribution >= 0.6 is 11.6 Å². The largest absolute Gasteiger partial charge is 0.497 e. The van der Waals surface area contributed by atoms with Crippen molar-refractivity contribution in [3.05, 3.63) is 52.0 Å². The van der Waals surface area contributed by atoms with E-state index in [1.165, 1.54) is 20.3 Å². The lowest BCUT2D eigenvalue weighted by molar-refractivity contribution is 0.0695. The van der Waals surface area contributed by atoms with Gasteiger partial charge in [-0.15, -0.1) is 0 Å². The number of hydrogen-bond acceptors (Lipinski definition) is 4. The Morgan fingerprint density at radius 3 is 2.12 bits per heavy atom. The monoisotopic (exact) mass is 350 g/mol. The quantitative estimate of drug-likeness (QED) is 0.821. The molecule has 2 rings (SSSR count). The molecular formula is C18H19ClO5. The van der Waals surface area contributed by atoms with Gasteiger partial charge in [0.25, 0.3) is 0 Å². The summed E-state index contributed by atoms with van der Waals surface area (Å²) in [6, 6.07) is 9.02. The number of rotatable bonds is 7. The van der Waals surface area contributed by atoms with Gasteiger partial charge in [0, 0.05) is 5.56 Å². The molecule has 0 heterocycles. The first kappa shape index (κ1) is 17.9. The van der Waals surface area contributed by atoms with E-state index in [1.54, 1.807) is 7.11 Å². The lowest BCUT2D eigenvalue weighted by Crippen LogP contribution is -2.08. The van der Waals surface area contributed by atoms with E-state index in [0.29, 0.717) is 29.9 Å². The number of benzene rings is 2. The van der Waals surface area contributed by atoms with Crippen molar-refractivity contribution in [2.45, 2.75) is 12.8 Å². The number of aryl methyl sites for hydroxylation is 1. The highest BCUT2D eigenvalue weighted by molar-refractivity contribution is 6.32. The van der Waals surface area contributed by atoms with Crippen LogP contribution in [0.2, 0.25) is 5.02 Å². The second-order valence-corrected chi connectivity index (χ2v) is 5.51. The molecule has 0 atom stereocenters. The number of hydrogen-bond donors (Lipinski definition) is 1. The van der Waals surface area contributed by atoms with Crippen LogP contribution in [0.1, 0.15) is 21.5 Å². The van der Waals surface area contributed by atoms with Gasteiger partial charge in [0.2, 0.25) is 0 Å². The second kappa shape index (κ2) is 7.93. The van der Waals surface area contributed by atoms with Crippen molar-refractivity contribution in [3.8, 4) is 17.2 Å². The molecule has 0 spiro atoms. The molecule has 0 aliphatic rings. The summed E-state index contributed by atoms with van der Waals surface area (Å²) in [6.45, 7) is 0. The Hall–Kier alpha value is -2.40. The molecule has 0 aromatic heterocycles. The van der Waals surface area contributed by atoms with Crippen LogP contribution in [-0.2, 0) is 12.8 Å². The van der Waals surface area contributed by atoms with Gasteiger partial charge < -0.3 is 19.3 Å². The second-order valence-electron chi connectivity index (χ2n) is 5.10. The van der Waals surface area contributed by atoms with Gasteiger partial charge in [-0.2, -0.15) is 0 Å². The molecule has 2 aromatic carbocycles.